The maximum atomic E-state index is 2.47. The van der Waals surface area contributed by atoms with E-state index in [9.17, 15) is 0 Å². The van der Waals surface area contributed by atoms with Gasteiger partial charge in [0.05, 0.1) is 44.1 Å². The molecule has 0 radical (unpaired) electrons. The Hall–Kier alpha value is -17.7. The number of rotatable bonds is 10. The van der Waals surface area contributed by atoms with Gasteiger partial charge in [-0.1, -0.05) is 346 Å². The molecule has 4 nitrogen and oxygen atoms in total. The molecule has 0 saturated carbocycles. The molecule has 0 atom stereocenters. The zero-order valence-corrected chi connectivity index (χ0v) is 73.0. The minimum absolute atomic E-state index is 1.14. The van der Waals surface area contributed by atoms with Crippen LogP contribution in [-0.2, 0) is 0 Å². The van der Waals surface area contributed by atoms with E-state index in [0.29, 0.717) is 0 Å². The van der Waals surface area contributed by atoms with Crippen molar-refractivity contribution in [2.75, 3.05) is 0 Å². The predicted molar refractivity (Wildman–Crippen MR) is 570 cm³/mol. The van der Waals surface area contributed by atoms with Gasteiger partial charge in [0.15, 0.2) is 0 Å². The topological polar surface area (TPSA) is 19.7 Å². The Morgan fingerprint density at radius 1 is 0.104 bits per heavy atom. The Balaban J connectivity index is 0.000000134. The van der Waals surface area contributed by atoms with Crippen molar-refractivity contribution in [3.8, 4) is 112 Å². The first-order chi connectivity index (χ1) is 66.5. The summed E-state index contributed by atoms with van der Waals surface area (Å²) >= 11 is 0. The molecular weight excluding hydrogens is 1620 g/mol. The lowest BCUT2D eigenvalue weighted by molar-refractivity contribution is 1.18. The van der Waals surface area contributed by atoms with Gasteiger partial charge >= 0.3 is 0 Å². The van der Waals surface area contributed by atoms with E-state index in [2.05, 4.69) is 504 Å². The second-order valence-corrected chi connectivity index (χ2v) is 36.0. The zero-order valence-electron chi connectivity index (χ0n) is 73.0. The number of fused-ring (bicyclic) bond motifs is 27. The van der Waals surface area contributed by atoms with E-state index < -0.39 is 0 Å². The van der Waals surface area contributed by atoms with Gasteiger partial charge in [-0.2, -0.15) is 0 Å². The molecule has 28 aromatic rings. The molecule has 29 rings (SSSR count). The summed E-state index contributed by atoms with van der Waals surface area (Å²) in [6.45, 7) is 0. The third-order valence-corrected chi connectivity index (χ3v) is 28.9. The van der Waals surface area contributed by atoms with E-state index in [1.807, 2.05) is 0 Å². The highest BCUT2D eigenvalue weighted by molar-refractivity contribution is 6.37. The Morgan fingerprint density at radius 2 is 0.433 bits per heavy atom. The standard InChI is InChI=1S/C68H42N2.C62H38N2/c1-2-15-43(16-3-1)44-29-34-49(35-30-44)69-63-27-12-10-24-55(63)60-40-46(32-37-65(60)69)47-33-38-66-61(41-47)56-25-11-13-28-64(56)70(66)50-19-14-18-48(39-50)59-42-62-54-23-7-6-21-52(54)53-22-8-9-26-57(53)68(62)67-51-20-5-4-17-45(51)31-36-58(59)67;1-2-11-39(12-3-1)40-21-28-46(29-22-40)63-58-19-8-6-15-50(58)55-36-43(26-33-60(55)63)44-27-34-61-56(37-44)51-16-7-9-20-59(51)64(61)47-30-23-41(24-31-47)42-25-32-49-53-18-10-17-52-48-14-5-4-13-45(48)38-57(62(52)53)54(49)35-42/h1-42H;1-38H. The van der Waals surface area contributed by atoms with E-state index >= 15 is 0 Å². The van der Waals surface area contributed by atoms with E-state index in [4.69, 9.17) is 0 Å². The molecule has 0 amide bonds. The molecule has 4 heterocycles. The maximum Gasteiger partial charge on any atom is 0.0541 e. The molecule has 24 aromatic carbocycles. The molecule has 0 unspecified atom stereocenters. The van der Waals surface area contributed by atoms with Gasteiger partial charge in [-0.15, -0.1) is 0 Å². The van der Waals surface area contributed by atoms with Crippen LogP contribution >= 0.6 is 0 Å². The van der Waals surface area contributed by atoms with Crippen molar-refractivity contribution < 1.29 is 0 Å². The highest BCUT2D eigenvalue weighted by Crippen LogP contribution is 2.53. The van der Waals surface area contributed by atoms with Crippen molar-refractivity contribution in [2.45, 2.75) is 0 Å². The molecule has 0 aliphatic heterocycles. The largest absolute Gasteiger partial charge is 0.309 e. The fourth-order valence-electron chi connectivity index (χ4n) is 22.8. The highest BCUT2D eigenvalue weighted by atomic mass is 15.0. The minimum Gasteiger partial charge on any atom is -0.309 e. The summed E-state index contributed by atoms with van der Waals surface area (Å²) in [5, 5.41) is 28.1. The van der Waals surface area contributed by atoms with Crippen molar-refractivity contribution in [1.82, 2.24) is 18.3 Å². The summed E-state index contributed by atoms with van der Waals surface area (Å²) in [6, 6.07) is 179. The summed E-state index contributed by atoms with van der Waals surface area (Å²) in [6.07, 6.45) is 0. The van der Waals surface area contributed by atoms with Gasteiger partial charge in [0.2, 0.25) is 0 Å². The van der Waals surface area contributed by atoms with E-state index in [1.165, 1.54) is 252 Å². The van der Waals surface area contributed by atoms with Crippen LogP contribution in [0.5, 0.6) is 0 Å². The Bertz CT molecular complexity index is 9780. The third kappa shape index (κ3) is 11.7. The molecule has 620 valence electrons. The van der Waals surface area contributed by atoms with Crippen molar-refractivity contribution >= 4 is 163 Å². The van der Waals surface area contributed by atoms with Crippen LogP contribution in [0.4, 0.5) is 0 Å². The number of hydrogen-bond donors (Lipinski definition) is 0. The SMILES string of the molecule is c1ccc(-c2ccc(-n3c4ccccc4c4cc(-c5ccc6c(c5)c5ccccc5n6-c5ccc(-c6ccc7c(c6)-c6cc8ccccc8c8cccc-7c68)cc5)ccc43)cc2)cc1.c1ccc(-c2ccc(-n3c4ccccc4c4cc(-c5ccc6c(c5)c5ccccc5n6-c5cccc(-c6cc7c8ccccc8c8ccccc8c7c7c6ccc6ccccc67)c5)ccc43)cc2)cc1. The molecule has 1 aliphatic rings. The van der Waals surface area contributed by atoms with Gasteiger partial charge < -0.3 is 18.3 Å². The molecule has 0 bridgehead atoms. The van der Waals surface area contributed by atoms with Crippen LogP contribution in [0.1, 0.15) is 0 Å². The first kappa shape index (κ1) is 75.3. The van der Waals surface area contributed by atoms with Crippen LogP contribution in [-0.4, -0.2) is 18.3 Å². The summed E-state index contributed by atoms with van der Waals surface area (Å²) in [5.74, 6) is 0. The number of nitrogens with zero attached hydrogens (tertiary/aromatic N) is 4. The van der Waals surface area contributed by atoms with Crippen LogP contribution < -0.4 is 0 Å². The molecule has 0 spiro atoms. The number of aromatic nitrogens is 4. The second kappa shape index (κ2) is 29.9. The molecule has 134 heavy (non-hydrogen) atoms. The average molecular weight is 1700 g/mol. The van der Waals surface area contributed by atoms with E-state index in [0.717, 1.165) is 22.7 Å². The summed E-state index contributed by atoms with van der Waals surface area (Å²) in [4.78, 5) is 0. The average Bonchev–Trinajstić information content (AvgIpc) is 1.15. The van der Waals surface area contributed by atoms with Crippen LogP contribution in [0.3, 0.4) is 0 Å². The van der Waals surface area contributed by atoms with Crippen molar-refractivity contribution in [3.05, 3.63) is 485 Å². The lowest BCUT2D eigenvalue weighted by Gasteiger charge is -2.18. The summed E-state index contributed by atoms with van der Waals surface area (Å²) < 4.78 is 9.68. The molecule has 4 aromatic heterocycles. The Labute approximate surface area is 772 Å². The second-order valence-electron chi connectivity index (χ2n) is 36.0. The van der Waals surface area contributed by atoms with Crippen LogP contribution in [0.2, 0.25) is 0 Å². The molecule has 0 saturated heterocycles. The maximum absolute atomic E-state index is 2.47. The lowest BCUT2D eigenvalue weighted by Crippen LogP contribution is -1.95. The lowest BCUT2D eigenvalue weighted by atomic mass is 9.85. The third-order valence-electron chi connectivity index (χ3n) is 28.9. The first-order valence-electron chi connectivity index (χ1n) is 46.4. The summed E-state index contributed by atoms with van der Waals surface area (Å²) in [5.41, 5.74) is 34.1. The fraction of sp³-hybridized carbons (Fsp3) is 0. The Morgan fingerprint density at radius 3 is 0.925 bits per heavy atom. The van der Waals surface area contributed by atoms with Gasteiger partial charge in [-0.05, 0) is 304 Å². The van der Waals surface area contributed by atoms with E-state index in [1.54, 1.807) is 0 Å². The van der Waals surface area contributed by atoms with Crippen LogP contribution in [0, 0.1) is 0 Å². The zero-order chi connectivity index (χ0) is 87.7. The minimum atomic E-state index is 1.14. The highest BCUT2D eigenvalue weighted by Gasteiger charge is 2.27. The fourth-order valence-corrected chi connectivity index (χ4v) is 22.8. The van der Waals surface area contributed by atoms with E-state index in [-0.39, 0.29) is 0 Å². The normalized spacial score (nSPS) is 12.0. The summed E-state index contributed by atoms with van der Waals surface area (Å²) in [7, 11) is 0. The first-order valence-corrected chi connectivity index (χ1v) is 46.4. The van der Waals surface area contributed by atoms with Gasteiger partial charge in [-0.3, -0.25) is 0 Å². The predicted octanol–water partition coefficient (Wildman–Crippen LogP) is 35.5. The van der Waals surface area contributed by atoms with Gasteiger partial charge in [0.1, 0.15) is 0 Å². The van der Waals surface area contributed by atoms with Crippen LogP contribution in [0.25, 0.3) is 274 Å². The molecule has 1 aliphatic carbocycles. The van der Waals surface area contributed by atoms with Crippen LogP contribution in [0.15, 0.2) is 485 Å². The monoisotopic (exact) mass is 1700 g/mol. The van der Waals surface area contributed by atoms with Crippen molar-refractivity contribution in [1.29, 1.82) is 0 Å². The quantitative estimate of drug-likeness (QED) is 0.122. The molecule has 0 fully saturated rings. The number of para-hydroxylation sites is 4. The molecule has 0 N–H and O–H groups in total. The van der Waals surface area contributed by atoms with Crippen molar-refractivity contribution in [2.24, 2.45) is 0 Å². The number of benzene rings is 24. The van der Waals surface area contributed by atoms with Gasteiger partial charge in [-0.25, -0.2) is 0 Å². The smallest absolute Gasteiger partial charge is 0.0541 e. The van der Waals surface area contributed by atoms with Crippen molar-refractivity contribution in [3.63, 3.8) is 0 Å². The molecular formula is C130H80N4. The van der Waals surface area contributed by atoms with Gasteiger partial charge in [0, 0.05) is 65.8 Å². The Kier molecular flexibility index (Phi) is 16.8. The van der Waals surface area contributed by atoms with Gasteiger partial charge in [0.25, 0.3) is 0 Å². The molecule has 4 heteroatoms. The number of hydrogen-bond acceptors (Lipinski definition) is 0.